The molecule has 1 unspecified atom stereocenters. The SMILES string of the molecule is COC(C)C(=O)Nc1cccc(F)c1. The van der Waals surface area contributed by atoms with E-state index in [0.29, 0.717) is 5.69 Å². The van der Waals surface area contributed by atoms with Gasteiger partial charge in [0, 0.05) is 12.8 Å². The average Bonchev–Trinajstić information content (AvgIpc) is 2.16. The van der Waals surface area contributed by atoms with Gasteiger partial charge in [0.15, 0.2) is 0 Å². The highest BCUT2D eigenvalue weighted by Crippen LogP contribution is 2.09. The number of anilines is 1. The Morgan fingerprint density at radius 1 is 1.57 bits per heavy atom. The van der Waals surface area contributed by atoms with Crippen LogP contribution in [0.4, 0.5) is 10.1 Å². The Morgan fingerprint density at radius 2 is 2.29 bits per heavy atom. The number of methoxy groups -OCH3 is 1. The molecule has 1 aromatic rings. The van der Waals surface area contributed by atoms with Crippen LogP contribution in [-0.2, 0) is 9.53 Å². The second-order valence-electron chi connectivity index (χ2n) is 2.88. The predicted molar refractivity (Wildman–Crippen MR) is 51.5 cm³/mol. The van der Waals surface area contributed by atoms with Crippen LogP contribution in [0.3, 0.4) is 0 Å². The monoisotopic (exact) mass is 197 g/mol. The molecular weight excluding hydrogens is 185 g/mol. The maximum atomic E-state index is 12.7. The van der Waals surface area contributed by atoms with Crippen molar-refractivity contribution in [3.63, 3.8) is 0 Å². The highest BCUT2D eigenvalue weighted by atomic mass is 19.1. The van der Waals surface area contributed by atoms with Crippen molar-refractivity contribution in [1.29, 1.82) is 0 Å². The number of amides is 1. The molecule has 1 amide bonds. The van der Waals surface area contributed by atoms with E-state index in [0.717, 1.165) is 0 Å². The zero-order valence-corrected chi connectivity index (χ0v) is 8.08. The molecule has 0 aliphatic rings. The van der Waals surface area contributed by atoms with Crippen LogP contribution in [0, 0.1) is 5.82 Å². The number of halogens is 1. The lowest BCUT2D eigenvalue weighted by molar-refractivity contribution is -0.124. The van der Waals surface area contributed by atoms with Gasteiger partial charge < -0.3 is 10.1 Å². The Kier molecular flexibility index (Phi) is 3.59. The van der Waals surface area contributed by atoms with E-state index in [2.05, 4.69) is 5.32 Å². The van der Waals surface area contributed by atoms with Gasteiger partial charge in [0.1, 0.15) is 11.9 Å². The highest BCUT2D eigenvalue weighted by Gasteiger charge is 2.11. The van der Waals surface area contributed by atoms with Crippen molar-refractivity contribution in [2.75, 3.05) is 12.4 Å². The number of rotatable bonds is 3. The second-order valence-corrected chi connectivity index (χ2v) is 2.88. The molecule has 0 aliphatic carbocycles. The summed E-state index contributed by atoms with van der Waals surface area (Å²) in [4.78, 5) is 11.3. The molecule has 0 aromatic heterocycles. The van der Waals surface area contributed by atoms with Gasteiger partial charge in [-0.2, -0.15) is 0 Å². The van der Waals surface area contributed by atoms with E-state index in [1.54, 1.807) is 13.0 Å². The minimum atomic E-state index is -0.543. The summed E-state index contributed by atoms with van der Waals surface area (Å²) >= 11 is 0. The molecule has 1 atom stereocenters. The van der Waals surface area contributed by atoms with Gasteiger partial charge in [-0.15, -0.1) is 0 Å². The number of ether oxygens (including phenoxy) is 1. The maximum Gasteiger partial charge on any atom is 0.253 e. The molecule has 1 aromatic carbocycles. The van der Waals surface area contributed by atoms with Crippen molar-refractivity contribution < 1.29 is 13.9 Å². The zero-order chi connectivity index (χ0) is 10.6. The van der Waals surface area contributed by atoms with Crippen LogP contribution in [0.5, 0.6) is 0 Å². The minimum absolute atomic E-state index is 0.293. The summed E-state index contributed by atoms with van der Waals surface area (Å²) < 4.78 is 17.5. The minimum Gasteiger partial charge on any atom is -0.372 e. The van der Waals surface area contributed by atoms with Gasteiger partial charge in [-0.3, -0.25) is 4.79 Å². The molecule has 1 N–H and O–H groups in total. The van der Waals surface area contributed by atoms with Gasteiger partial charge in [-0.25, -0.2) is 4.39 Å². The largest absolute Gasteiger partial charge is 0.372 e. The smallest absolute Gasteiger partial charge is 0.253 e. The van der Waals surface area contributed by atoms with Crippen LogP contribution in [0.15, 0.2) is 24.3 Å². The Bertz CT molecular complexity index is 328. The normalized spacial score (nSPS) is 12.2. The topological polar surface area (TPSA) is 38.3 Å². The van der Waals surface area contributed by atoms with Gasteiger partial charge in [-0.1, -0.05) is 6.07 Å². The third-order valence-electron chi connectivity index (χ3n) is 1.81. The van der Waals surface area contributed by atoms with E-state index in [1.165, 1.54) is 25.3 Å². The first-order chi connectivity index (χ1) is 6.63. The highest BCUT2D eigenvalue weighted by molar-refractivity contribution is 5.93. The lowest BCUT2D eigenvalue weighted by Gasteiger charge is -2.09. The van der Waals surface area contributed by atoms with Gasteiger partial charge in [-0.05, 0) is 25.1 Å². The van der Waals surface area contributed by atoms with E-state index in [1.807, 2.05) is 0 Å². The van der Waals surface area contributed by atoms with E-state index in [9.17, 15) is 9.18 Å². The van der Waals surface area contributed by atoms with Gasteiger partial charge in [0.2, 0.25) is 0 Å². The number of hydrogen-bond donors (Lipinski definition) is 1. The third kappa shape index (κ3) is 2.81. The zero-order valence-electron chi connectivity index (χ0n) is 8.08. The molecule has 0 aliphatic heterocycles. The molecule has 0 saturated carbocycles. The number of benzene rings is 1. The van der Waals surface area contributed by atoms with Crippen LogP contribution in [0.2, 0.25) is 0 Å². The van der Waals surface area contributed by atoms with E-state index in [-0.39, 0.29) is 11.7 Å². The fourth-order valence-corrected chi connectivity index (χ4v) is 0.917. The molecule has 0 saturated heterocycles. The first-order valence-electron chi connectivity index (χ1n) is 4.22. The van der Waals surface area contributed by atoms with Crippen LogP contribution < -0.4 is 5.32 Å². The van der Waals surface area contributed by atoms with Crippen LogP contribution in [0.25, 0.3) is 0 Å². The van der Waals surface area contributed by atoms with Crippen LogP contribution in [0.1, 0.15) is 6.92 Å². The quantitative estimate of drug-likeness (QED) is 0.802. The molecule has 0 radical (unpaired) electrons. The van der Waals surface area contributed by atoms with Crippen molar-refractivity contribution >= 4 is 11.6 Å². The summed E-state index contributed by atoms with van der Waals surface area (Å²) in [6.07, 6.45) is -0.543. The van der Waals surface area contributed by atoms with E-state index in [4.69, 9.17) is 4.74 Å². The van der Waals surface area contributed by atoms with Crippen molar-refractivity contribution in [3.8, 4) is 0 Å². The molecular formula is C10H12FNO2. The lowest BCUT2D eigenvalue weighted by atomic mass is 10.3. The predicted octanol–water partition coefficient (Wildman–Crippen LogP) is 1.80. The Labute approximate surface area is 81.9 Å². The van der Waals surface area contributed by atoms with Crippen molar-refractivity contribution in [3.05, 3.63) is 30.1 Å². The van der Waals surface area contributed by atoms with E-state index >= 15 is 0 Å². The molecule has 0 heterocycles. The van der Waals surface area contributed by atoms with E-state index < -0.39 is 6.10 Å². The Balaban J connectivity index is 2.65. The molecule has 1 rings (SSSR count). The fourth-order valence-electron chi connectivity index (χ4n) is 0.917. The Morgan fingerprint density at radius 3 is 2.86 bits per heavy atom. The van der Waals surface area contributed by atoms with Gasteiger partial charge in [0.05, 0.1) is 0 Å². The number of carbonyl (C=O) groups is 1. The average molecular weight is 197 g/mol. The summed E-state index contributed by atoms with van der Waals surface area (Å²) in [5, 5.41) is 2.53. The molecule has 3 nitrogen and oxygen atoms in total. The third-order valence-corrected chi connectivity index (χ3v) is 1.81. The lowest BCUT2D eigenvalue weighted by Crippen LogP contribution is -2.26. The van der Waals surface area contributed by atoms with Gasteiger partial charge >= 0.3 is 0 Å². The number of nitrogens with one attached hydrogen (secondary N) is 1. The molecule has 4 heteroatoms. The summed E-state index contributed by atoms with van der Waals surface area (Å²) in [6.45, 7) is 1.62. The summed E-state index contributed by atoms with van der Waals surface area (Å²) in [7, 11) is 1.44. The molecule has 76 valence electrons. The van der Waals surface area contributed by atoms with Crippen molar-refractivity contribution in [1.82, 2.24) is 0 Å². The van der Waals surface area contributed by atoms with Crippen molar-refractivity contribution in [2.24, 2.45) is 0 Å². The standard InChI is InChI=1S/C10H12FNO2/c1-7(14-2)10(13)12-9-5-3-4-8(11)6-9/h3-7H,1-2H3,(H,12,13). The van der Waals surface area contributed by atoms with Crippen molar-refractivity contribution in [2.45, 2.75) is 13.0 Å². The summed E-state index contributed by atoms with van der Waals surface area (Å²) in [6, 6.07) is 5.71. The van der Waals surface area contributed by atoms with Gasteiger partial charge in [0.25, 0.3) is 5.91 Å². The van der Waals surface area contributed by atoms with Crippen LogP contribution >= 0.6 is 0 Å². The number of carbonyl (C=O) groups excluding carboxylic acids is 1. The first-order valence-corrected chi connectivity index (χ1v) is 4.22. The molecule has 0 fully saturated rings. The summed E-state index contributed by atoms with van der Waals surface area (Å²) in [5.74, 6) is -0.675. The summed E-state index contributed by atoms with van der Waals surface area (Å²) in [5.41, 5.74) is 0.430. The molecule has 0 bridgehead atoms. The Hall–Kier alpha value is -1.42. The van der Waals surface area contributed by atoms with Crippen LogP contribution in [-0.4, -0.2) is 19.1 Å². The molecule has 14 heavy (non-hydrogen) atoms. The first kappa shape index (κ1) is 10.7. The fraction of sp³-hybridized carbons (Fsp3) is 0.300. The maximum absolute atomic E-state index is 12.7. The number of hydrogen-bond acceptors (Lipinski definition) is 2. The second kappa shape index (κ2) is 4.72. The molecule has 0 spiro atoms.